The summed E-state index contributed by atoms with van der Waals surface area (Å²) in [6, 6.07) is 7.74. The highest BCUT2D eigenvalue weighted by atomic mass is 32.2. The molecule has 26 heavy (non-hydrogen) atoms. The number of carbonyl (C=O) groups is 1. The van der Waals surface area contributed by atoms with Gasteiger partial charge in [-0.25, -0.2) is 8.51 Å². The third-order valence-corrected chi connectivity index (χ3v) is 5.59. The van der Waals surface area contributed by atoms with Crippen molar-refractivity contribution in [2.24, 2.45) is 0 Å². The highest BCUT2D eigenvalue weighted by Gasteiger charge is 2.27. The number of nitrogens with zero attached hydrogens (tertiary/aromatic N) is 5. The zero-order valence-corrected chi connectivity index (χ0v) is 15.3. The van der Waals surface area contributed by atoms with Crippen LogP contribution in [0.2, 0.25) is 0 Å². The zero-order chi connectivity index (χ0) is 18.8. The molecule has 0 saturated heterocycles. The molecule has 1 amide bonds. The predicted octanol–water partition coefficient (Wildman–Crippen LogP) is 1.42. The lowest BCUT2D eigenvalue weighted by Gasteiger charge is -2.18. The highest BCUT2D eigenvalue weighted by Crippen LogP contribution is 2.26. The van der Waals surface area contributed by atoms with Crippen LogP contribution >= 0.6 is 0 Å². The van der Waals surface area contributed by atoms with E-state index < -0.39 is 15.9 Å². The summed E-state index contributed by atoms with van der Waals surface area (Å²) in [5, 5.41) is 15.5. The molecule has 1 aromatic carbocycles. The number of carbonyl (C=O) groups excluding carboxylic acids is 1. The molecular weight excluding hydrogens is 358 g/mol. The molecule has 2 aromatic rings. The van der Waals surface area contributed by atoms with Crippen LogP contribution in [0.5, 0.6) is 0 Å². The molecular formula is C16H19N5O4S. The van der Waals surface area contributed by atoms with Crippen LogP contribution < -0.4 is 0 Å². The van der Waals surface area contributed by atoms with Gasteiger partial charge in [0.1, 0.15) is 15.9 Å². The van der Waals surface area contributed by atoms with Crippen molar-refractivity contribution in [1.82, 2.24) is 19.0 Å². The number of aryl methyl sites for hydroxylation is 1. The first-order valence-corrected chi connectivity index (χ1v) is 9.18. The second-order valence-electron chi connectivity index (χ2n) is 6.13. The molecule has 1 aromatic heterocycles. The molecule has 138 valence electrons. The SMILES string of the molecule is CN(C)C(=O)c1cc2n(n1)CCCN(S(=O)c1ccccc1[N+](=O)[O-])C2. The van der Waals surface area contributed by atoms with Gasteiger partial charge in [0.15, 0.2) is 5.69 Å². The second-order valence-corrected chi connectivity index (χ2v) is 7.59. The van der Waals surface area contributed by atoms with Gasteiger partial charge in [0, 0.05) is 33.3 Å². The summed E-state index contributed by atoms with van der Waals surface area (Å²) in [6.07, 6.45) is 0.677. The first-order chi connectivity index (χ1) is 12.4. The zero-order valence-electron chi connectivity index (χ0n) is 14.5. The Morgan fingerprint density at radius 2 is 2.04 bits per heavy atom. The minimum Gasteiger partial charge on any atom is -0.343 e. The maximum absolute atomic E-state index is 13.0. The van der Waals surface area contributed by atoms with Crippen LogP contribution in [-0.4, -0.2) is 54.7 Å². The van der Waals surface area contributed by atoms with Crippen molar-refractivity contribution in [2.75, 3.05) is 20.6 Å². The van der Waals surface area contributed by atoms with E-state index in [-0.39, 0.29) is 16.5 Å². The van der Waals surface area contributed by atoms with Gasteiger partial charge in [-0.15, -0.1) is 0 Å². The Morgan fingerprint density at radius 3 is 2.73 bits per heavy atom. The molecule has 0 fully saturated rings. The number of hydrogen-bond donors (Lipinski definition) is 0. The van der Waals surface area contributed by atoms with Crippen molar-refractivity contribution >= 4 is 22.6 Å². The van der Waals surface area contributed by atoms with Crippen LogP contribution in [0, 0.1) is 10.1 Å². The number of nitro groups is 1. The van der Waals surface area contributed by atoms with E-state index >= 15 is 0 Å². The normalized spacial score (nSPS) is 15.8. The van der Waals surface area contributed by atoms with Gasteiger partial charge >= 0.3 is 0 Å². The van der Waals surface area contributed by atoms with E-state index in [4.69, 9.17) is 0 Å². The number of para-hydroxylation sites is 1. The standard InChI is InChI=1S/C16H19N5O4S/c1-18(2)16(22)13-10-12-11-19(8-5-9-20(12)17-13)26(25)15-7-4-3-6-14(15)21(23)24/h3-4,6-7,10H,5,8-9,11H2,1-2H3. The average Bonchev–Trinajstić information content (AvgIpc) is 2.91. The minimum absolute atomic E-state index is 0.160. The Kier molecular flexibility index (Phi) is 5.14. The Bertz CT molecular complexity index is 879. The Balaban J connectivity index is 1.88. The van der Waals surface area contributed by atoms with E-state index in [0.717, 1.165) is 5.69 Å². The topological polar surface area (TPSA) is 102 Å². The lowest BCUT2D eigenvalue weighted by Crippen LogP contribution is -2.26. The summed E-state index contributed by atoms with van der Waals surface area (Å²) < 4.78 is 16.4. The van der Waals surface area contributed by atoms with E-state index in [1.54, 1.807) is 41.3 Å². The lowest BCUT2D eigenvalue weighted by atomic mass is 10.3. The lowest BCUT2D eigenvalue weighted by molar-refractivity contribution is -0.387. The number of aromatic nitrogens is 2. The van der Waals surface area contributed by atoms with Crippen molar-refractivity contribution < 1.29 is 13.9 Å². The Morgan fingerprint density at radius 1 is 1.31 bits per heavy atom. The summed E-state index contributed by atoms with van der Waals surface area (Å²) in [5.41, 5.74) is 0.940. The van der Waals surface area contributed by atoms with Crippen LogP contribution in [0.4, 0.5) is 5.69 Å². The minimum atomic E-state index is -1.68. The number of rotatable bonds is 4. The van der Waals surface area contributed by atoms with Crippen molar-refractivity contribution in [1.29, 1.82) is 0 Å². The number of hydrogen-bond acceptors (Lipinski definition) is 5. The molecule has 0 bridgehead atoms. The van der Waals surface area contributed by atoms with Crippen molar-refractivity contribution in [3.63, 3.8) is 0 Å². The number of benzene rings is 1. The summed E-state index contributed by atoms with van der Waals surface area (Å²) in [4.78, 5) is 24.4. The molecule has 0 saturated carbocycles. The van der Waals surface area contributed by atoms with Crippen molar-refractivity contribution in [3.05, 3.63) is 51.8 Å². The molecule has 9 nitrogen and oxygen atoms in total. The first-order valence-electron chi connectivity index (χ1n) is 8.07. The van der Waals surface area contributed by atoms with Gasteiger partial charge in [-0.3, -0.25) is 19.6 Å². The molecule has 3 rings (SSSR count). The summed E-state index contributed by atoms with van der Waals surface area (Å²) in [6.45, 7) is 1.41. The quantitative estimate of drug-likeness (QED) is 0.592. The van der Waals surface area contributed by atoms with E-state index in [9.17, 15) is 19.1 Å². The fraction of sp³-hybridized carbons (Fsp3) is 0.375. The van der Waals surface area contributed by atoms with Gasteiger partial charge in [-0.05, 0) is 18.6 Å². The molecule has 0 spiro atoms. The summed E-state index contributed by atoms with van der Waals surface area (Å²) in [5.74, 6) is -0.197. The first kappa shape index (κ1) is 18.2. The molecule has 2 heterocycles. The Hall–Kier alpha value is -2.59. The maximum Gasteiger partial charge on any atom is 0.286 e. The van der Waals surface area contributed by atoms with Crippen LogP contribution in [0.1, 0.15) is 22.6 Å². The number of fused-ring (bicyclic) bond motifs is 1. The average molecular weight is 377 g/mol. The molecule has 0 radical (unpaired) electrons. The molecule has 1 atom stereocenters. The van der Waals surface area contributed by atoms with Crippen LogP contribution in [0.25, 0.3) is 0 Å². The molecule has 1 aliphatic rings. The van der Waals surface area contributed by atoms with Gasteiger partial charge in [0.25, 0.3) is 11.6 Å². The third-order valence-electron chi connectivity index (χ3n) is 4.09. The fourth-order valence-electron chi connectivity index (χ4n) is 2.80. The predicted molar refractivity (Wildman–Crippen MR) is 94.8 cm³/mol. The maximum atomic E-state index is 13.0. The van der Waals surface area contributed by atoms with Gasteiger partial charge in [-0.1, -0.05) is 12.1 Å². The van der Waals surface area contributed by atoms with Crippen molar-refractivity contribution in [2.45, 2.75) is 24.4 Å². The molecule has 1 aliphatic heterocycles. The van der Waals surface area contributed by atoms with Gasteiger partial charge in [-0.2, -0.15) is 5.10 Å². The molecule has 0 N–H and O–H groups in total. The summed E-state index contributed by atoms with van der Waals surface area (Å²) in [7, 11) is 1.64. The number of nitro benzene ring substituents is 1. The highest BCUT2D eigenvalue weighted by molar-refractivity contribution is 7.82. The van der Waals surface area contributed by atoms with Crippen LogP contribution in [0.3, 0.4) is 0 Å². The molecule has 0 aliphatic carbocycles. The van der Waals surface area contributed by atoms with Gasteiger partial charge in [0.2, 0.25) is 0 Å². The fourth-order valence-corrected chi connectivity index (χ4v) is 4.14. The van der Waals surface area contributed by atoms with Crippen LogP contribution in [-0.2, 0) is 24.1 Å². The molecule has 1 unspecified atom stereocenters. The van der Waals surface area contributed by atoms with Crippen molar-refractivity contribution in [3.8, 4) is 0 Å². The van der Waals surface area contributed by atoms with E-state index in [2.05, 4.69) is 5.10 Å². The number of amides is 1. The second kappa shape index (κ2) is 7.34. The smallest absolute Gasteiger partial charge is 0.286 e. The Labute approximate surface area is 152 Å². The van der Waals surface area contributed by atoms with E-state index in [0.29, 0.717) is 31.7 Å². The van der Waals surface area contributed by atoms with Gasteiger partial charge in [0.05, 0.1) is 17.2 Å². The van der Waals surface area contributed by atoms with E-state index in [1.165, 1.54) is 17.0 Å². The third kappa shape index (κ3) is 3.51. The van der Waals surface area contributed by atoms with E-state index in [1.807, 2.05) is 0 Å². The molecule has 10 heteroatoms. The van der Waals surface area contributed by atoms with Crippen LogP contribution in [0.15, 0.2) is 35.2 Å². The van der Waals surface area contributed by atoms with Gasteiger partial charge < -0.3 is 4.90 Å². The summed E-state index contributed by atoms with van der Waals surface area (Å²) >= 11 is 0. The monoisotopic (exact) mass is 377 g/mol. The largest absolute Gasteiger partial charge is 0.343 e.